The van der Waals surface area contributed by atoms with Crippen LogP contribution in [-0.4, -0.2) is 29.2 Å². The maximum absolute atomic E-state index is 5.50. The first-order valence-corrected chi connectivity index (χ1v) is 4.17. The van der Waals surface area contributed by atoms with Gasteiger partial charge in [0.05, 0.1) is 6.20 Å². The van der Waals surface area contributed by atoms with Crippen molar-refractivity contribution in [1.82, 2.24) is 15.3 Å². The minimum Gasteiger partial charge on any atom is -0.485 e. The number of nitrogens with zero attached hydrogens (tertiary/aromatic N) is 1. The molecule has 64 valence electrons. The zero-order chi connectivity index (χ0) is 8.39. The fourth-order valence-corrected chi connectivity index (χ4v) is 1.04. The maximum Gasteiger partial charge on any atom is 0.196 e. The van der Waals surface area contributed by atoms with E-state index in [0.29, 0.717) is 4.77 Å². The molecule has 2 N–H and O–H groups in total. The smallest absolute Gasteiger partial charge is 0.196 e. The van der Waals surface area contributed by atoms with Crippen molar-refractivity contribution in [2.75, 3.05) is 13.1 Å². The third-order valence-electron chi connectivity index (χ3n) is 1.69. The van der Waals surface area contributed by atoms with E-state index in [0.717, 1.165) is 18.8 Å². The van der Waals surface area contributed by atoms with Gasteiger partial charge in [-0.15, -0.1) is 0 Å². The Hall–Kier alpha value is -0.940. The van der Waals surface area contributed by atoms with Crippen molar-refractivity contribution in [1.29, 1.82) is 0 Å². The lowest BCUT2D eigenvalue weighted by molar-refractivity contribution is 0.141. The molecule has 1 aromatic rings. The first-order valence-electron chi connectivity index (χ1n) is 3.77. The van der Waals surface area contributed by atoms with E-state index in [9.17, 15) is 0 Å². The minimum absolute atomic E-state index is 0.288. The molecule has 2 rings (SSSR count). The largest absolute Gasteiger partial charge is 0.485 e. The number of aromatic nitrogens is 2. The summed E-state index contributed by atoms with van der Waals surface area (Å²) in [5.74, 6) is 0.745. The molecule has 0 aromatic carbocycles. The molecule has 1 aliphatic heterocycles. The molecule has 2 heterocycles. The van der Waals surface area contributed by atoms with E-state index in [4.69, 9.17) is 17.0 Å². The molecule has 1 saturated heterocycles. The first kappa shape index (κ1) is 7.70. The zero-order valence-electron chi connectivity index (χ0n) is 6.41. The Morgan fingerprint density at radius 1 is 1.58 bits per heavy atom. The predicted molar refractivity (Wildman–Crippen MR) is 46.7 cm³/mol. The highest BCUT2D eigenvalue weighted by atomic mass is 32.1. The van der Waals surface area contributed by atoms with Crippen molar-refractivity contribution in [2.45, 2.75) is 6.10 Å². The predicted octanol–water partition coefficient (Wildman–Crippen LogP) is 0.490. The lowest BCUT2D eigenvalue weighted by atomic mass is 10.2. The molecule has 12 heavy (non-hydrogen) atoms. The number of aromatic amines is 1. The second kappa shape index (κ2) is 3.20. The Morgan fingerprint density at radius 3 is 2.92 bits per heavy atom. The van der Waals surface area contributed by atoms with Gasteiger partial charge in [-0.2, -0.15) is 0 Å². The van der Waals surface area contributed by atoms with Crippen molar-refractivity contribution in [3.63, 3.8) is 0 Å². The van der Waals surface area contributed by atoms with E-state index < -0.39 is 0 Å². The fraction of sp³-hybridized carbons (Fsp3) is 0.429. The minimum atomic E-state index is 0.288. The summed E-state index contributed by atoms with van der Waals surface area (Å²) < 4.78 is 5.98. The van der Waals surface area contributed by atoms with E-state index in [1.807, 2.05) is 0 Å². The van der Waals surface area contributed by atoms with E-state index in [-0.39, 0.29) is 6.10 Å². The lowest BCUT2D eigenvalue weighted by Gasteiger charge is -2.27. The van der Waals surface area contributed by atoms with Crippen LogP contribution in [0.4, 0.5) is 0 Å². The third-order valence-corrected chi connectivity index (χ3v) is 1.92. The van der Waals surface area contributed by atoms with Crippen molar-refractivity contribution in [3.05, 3.63) is 17.2 Å². The van der Waals surface area contributed by atoms with E-state index in [2.05, 4.69) is 15.3 Å². The number of hydrogen-bond donors (Lipinski definition) is 2. The first-order chi connectivity index (χ1) is 5.84. The summed E-state index contributed by atoms with van der Waals surface area (Å²) in [5.41, 5.74) is 0. The van der Waals surface area contributed by atoms with E-state index in [1.54, 1.807) is 12.4 Å². The van der Waals surface area contributed by atoms with Crippen molar-refractivity contribution in [2.24, 2.45) is 0 Å². The average molecular weight is 183 g/mol. The Morgan fingerprint density at radius 2 is 2.42 bits per heavy atom. The summed E-state index contributed by atoms with van der Waals surface area (Å²) >= 11 is 4.79. The molecule has 5 heteroatoms. The second-order valence-electron chi connectivity index (χ2n) is 2.65. The highest BCUT2D eigenvalue weighted by Gasteiger charge is 2.17. The van der Waals surface area contributed by atoms with Gasteiger partial charge in [0, 0.05) is 19.3 Å². The molecular formula is C7H9N3OS. The topological polar surface area (TPSA) is 49.9 Å². The zero-order valence-corrected chi connectivity index (χ0v) is 7.23. The molecule has 0 radical (unpaired) electrons. The Kier molecular flexibility index (Phi) is 2.05. The number of rotatable bonds is 2. The lowest BCUT2D eigenvalue weighted by Crippen LogP contribution is -2.50. The molecule has 0 spiro atoms. The maximum atomic E-state index is 5.50. The summed E-state index contributed by atoms with van der Waals surface area (Å²) in [6.45, 7) is 1.82. The van der Waals surface area contributed by atoms with Gasteiger partial charge < -0.3 is 15.0 Å². The van der Waals surface area contributed by atoms with Crippen LogP contribution in [0.25, 0.3) is 0 Å². The fourth-order valence-electron chi connectivity index (χ4n) is 0.932. The van der Waals surface area contributed by atoms with Gasteiger partial charge >= 0.3 is 0 Å². The van der Waals surface area contributed by atoms with Crippen LogP contribution in [0.1, 0.15) is 0 Å². The number of H-pyrrole nitrogens is 1. The number of nitrogens with one attached hydrogen (secondary N) is 2. The molecule has 4 nitrogen and oxygen atoms in total. The summed E-state index contributed by atoms with van der Waals surface area (Å²) in [4.78, 5) is 6.72. The summed E-state index contributed by atoms with van der Waals surface area (Å²) in [6.07, 6.45) is 3.65. The van der Waals surface area contributed by atoms with Crippen LogP contribution < -0.4 is 10.1 Å². The Balaban J connectivity index is 2.03. The van der Waals surface area contributed by atoms with Gasteiger partial charge in [0.2, 0.25) is 0 Å². The average Bonchev–Trinajstić information content (AvgIpc) is 2.00. The van der Waals surface area contributed by atoms with Crippen LogP contribution in [0.15, 0.2) is 12.4 Å². The van der Waals surface area contributed by atoms with Crippen molar-refractivity contribution >= 4 is 12.2 Å². The summed E-state index contributed by atoms with van der Waals surface area (Å²) in [7, 11) is 0. The highest BCUT2D eigenvalue weighted by Crippen LogP contribution is 2.09. The summed E-state index contributed by atoms with van der Waals surface area (Å²) in [5, 5.41) is 3.12. The molecule has 1 fully saturated rings. The Labute approximate surface area is 75.0 Å². The van der Waals surface area contributed by atoms with Crippen LogP contribution >= 0.6 is 12.2 Å². The van der Waals surface area contributed by atoms with Crippen LogP contribution in [0.3, 0.4) is 0 Å². The number of ether oxygens (including phenoxy) is 1. The SMILES string of the molecule is S=c1ncc(OC2CNC2)c[nH]1. The van der Waals surface area contributed by atoms with Crippen molar-refractivity contribution < 1.29 is 4.74 Å². The van der Waals surface area contributed by atoms with Crippen LogP contribution in [0.5, 0.6) is 5.75 Å². The van der Waals surface area contributed by atoms with Crippen LogP contribution in [0.2, 0.25) is 0 Å². The van der Waals surface area contributed by atoms with E-state index >= 15 is 0 Å². The standard InChI is InChI=1S/C7H9N3OS/c12-7-9-3-6(4-10-7)11-5-1-8-2-5/h3-5,8H,1-2H2,(H,9,10,12). The van der Waals surface area contributed by atoms with Gasteiger partial charge in [0.25, 0.3) is 0 Å². The normalized spacial score (nSPS) is 17.0. The van der Waals surface area contributed by atoms with Gasteiger partial charge in [-0.05, 0) is 12.2 Å². The van der Waals surface area contributed by atoms with Gasteiger partial charge in [0.15, 0.2) is 10.5 Å². The molecular weight excluding hydrogens is 174 g/mol. The molecule has 0 bridgehead atoms. The van der Waals surface area contributed by atoms with Gasteiger partial charge in [-0.25, -0.2) is 4.98 Å². The highest BCUT2D eigenvalue weighted by molar-refractivity contribution is 7.71. The molecule has 1 aliphatic rings. The molecule has 0 aliphatic carbocycles. The summed E-state index contributed by atoms with van der Waals surface area (Å²) in [6, 6.07) is 0. The quantitative estimate of drug-likeness (QED) is 0.655. The Bertz CT molecular complexity index is 300. The van der Waals surface area contributed by atoms with Crippen LogP contribution in [-0.2, 0) is 0 Å². The molecule has 0 unspecified atom stereocenters. The van der Waals surface area contributed by atoms with Gasteiger partial charge in [-0.3, -0.25) is 0 Å². The van der Waals surface area contributed by atoms with Gasteiger partial charge in [0.1, 0.15) is 6.10 Å². The monoisotopic (exact) mass is 183 g/mol. The second-order valence-corrected chi connectivity index (χ2v) is 3.04. The van der Waals surface area contributed by atoms with Crippen molar-refractivity contribution in [3.8, 4) is 5.75 Å². The molecule has 0 amide bonds. The molecule has 0 atom stereocenters. The van der Waals surface area contributed by atoms with E-state index in [1.165, 1.54) is 0 Å². The molecule has 0 saturated carbocycles. The number of hydrogen-bond acceptors (Lipinski definition) is 4. The third kappa shape index (κ3) is 1.62. The van der Waals surface area contributed by atoms with Gasteiger partial charge in [-0.1, -0.05) is 0 Å². The molecule has 1 aromatic heterocycles. The van der Waals surface area contributed by atoms with Crippen LogP contribution in [0, 0.1) is 4.77 Å².